The minimum atomic E-state index is -3.60. The highest BCUT2D eigenvalue weighted by molar-refractivity contribution is 7.89. The Balaban J connectivity index is 2.28. The van der Waals surface area contributed by atoms with Gasteiger partial charge < -0.3 is 10.8 Å². The second kappa shape index (κ2) is 6.78. The number of thiocarbonyl (C=S) groups is 1. The smallest absolute Gasteiger partial charge is 0.244 e. The predicted octanol–water partition coefficient (Wildman–Crippen LogP) is 0.641. The Hall–Kier alpha value is -1.09. The average molecular weight is 329 g/mol. The highest BCUT2D eigenvalue weighted by atomic mass is 32.2. The van der Waals surface area contributed by atoms with Gasteiger partial charge in [-0.05, 0) is 31.4 Å². The highest BCUT2D eigenvalue weighted by Crippen LogP contribution is 2.26. The van der Waals surface area contributed by atoms with Crippen molar-refractivity contribution in [3.63, 3.8) is 0 Å². The van der Waals surface area contributed by atoms with Gasteiger partial charge in [-0.15, -0.1) is 0 Å². The van der Waals surface area contributed by atoms with E-state index in [1.807, 2.05) is 0 Å². The van der Waals surface area contributed by atoms with Crippen LogP contribution in [0.15, 0.2) is 23.2 Å². The summed E-state index contributed by atoms with van der Waals surface area (Å²) < 4.78 is 26.9. The summed E-state index contributed by atoms with van der Waals surface area (Å²) in [6.45, 7) is 0.458. The molecule has 1 aromatic rings. The summed E-state index contributed by atoms with van der Waals surface area (Å²) in [4.78, 5) is 4.26. The molecule has 0 amide bonds. The van der Waals surface area contributed by atoms with Crippen molar-refractivity contribution in [3.05, 3.63) is 24.0 Å². The maximum atomic E-state index is 12.7. The molecule has 1 atom stereocenters. The molecule has 1 aliphatic rings. The summed E-state index contributed by atoms with van der Waals surface area (Å²) in [5.41, 5.74) is 5.86. The number of piperidine rings is 1. The van der Waals surface area contributed by atoms with Gasteiger partial charge in [-0.3, -0.25) is 4.98 Å². The van der Waals surface area contributed by atoms with Crippen LogP contribution < -0.4 is 5.73 Å². The molecule has 0 bridgehead atoms. The minimum absolute atomic E-state index is 0.0185. The molecule has 1 aliphatic heterocycles. The summed E-state index contributed by atoms with van der Waals surface area (Å²) in [5.74, 6) is 0. The number of aromatic nitrogens is 1. The minimum Gasteiger partial charge on any atom is -0.396 e. The fraction of sp³-hybridized carbons (Fsp3) is 0.538. The van der Waals surface area contributed by atoms with Gasteiger partial charge in [0.15, 0.2) is 0 Å². The monoisotopic (exact) mass is 329 g/mol. The fourth-order valence-electron chi connectivity index (χ4n) is 2.54. The molecule has 1 fully saturated rings. The Morgan fingerprint density at radius 2 is 2.24 bits per heavy atom. The molecule has 8 heteroatoms. The van der Waals surface area contributed by atoms with Crippen molar-refractivity contribution >= 4 is 27.2 Å². The Kier molecular flexibility index (Phi) is 5.26. The molecule has 1 aromatic heterocycles. The van der Waals surface area contributed by atoms with E-state index < -0.39 is 10.0 Å². The number of nitrogens with zero attached hydrogens (tertiary/aromatic N) is 2. The topological polar surface area (TPSA) is 96.5 Å². The van der Waals surface area contributed by atoms with E-state index >= 15 is 0 Å². The number of aliphatic hydroxyl groups excluding tert-OH is 1. The van der Waals surface area contributed by atoms with Crippen LogP contribution in [0, 0.1) is 0 Å². The second-order valence-corrected chi connectivity index (χ2v) is 7.35. The molecule has 0 aromatic carbocycles. The molecule has 2 rings (SSSR count). The lowest BCUT2D eigenvalue weighted by molar-refractivity contribution is 0.192. The molecule has 6 nitrogen and oxygen atoms in total. The lowest BCUT2D eigenvalue weighted by atomic mass is 10.0. The summed E-state index contributed by atoms with van der Waals surface area (Å²) in [6, 6.07) is 2.84. The van der Waals surface area contributed by atoms with Crippen LogP contribution in [-0.2, 0) is 10.0 Å². The molecular weight excluding hydrogens is 310 g/mol. The third-order valence-electron chi connectivity index (χ3n) is 3.63. The van der Waals surface area contributed by atoms with Gasteiger partial charge in [-0.1, -0.05) is 18.6 Å². The molecule has 1 saturated heterocycles. The zero-order valence-corrected chi connectivity index (χ0v) is 13.2. The second-order valence-electron chi connectivity index (χ2n) is 5.02. The molecular formula is C13H19N3O3S2. The van der Waals surface area contributed by atoms with Gasteiger partial charge >= 0.3 is 0 Å². The normalized spacial score (nSPS) is 20.3. The number of pyridine rings is 1. The summed E-state index contributed by atoms with van der Waals surface area (Å²) in [6.07, 6.45) is 4.33. The first-order valence-electron chi connectivity index (χ1n) is 6.85. The van der Waals surface area contributed by atoms with Gasteiger partial charge in [0.2, 0.25) is 10.0 Å². The summed E-state index contributed by atoms with van der Waals surface area (Å²) >= 11 is 4.80. The van der Waals surface area contributed by atoms with Crippen LogP contribution in [-0.4, -0.2) is 47.0 Å². The number of hydrogen-bond acceptors (Lipinski definition) is 5. The molecule has 0 spiro atoms. The van der Waals surface area contributed by atoms with Gasteiger partial charge in [-0.2, -0.15) is 4.31 Å². The van der Waals surface area contributed by atoms with Crippen molar-refractivity contribution in [1.29, 1.82) is 0 Å². The first-order valence-corrected chi connectivity index (χ1v) is 8.70. The molecule has 1 unspecified atom stereocenters. The Morgan fingerprint density at radius 3 is 2.81 bits per heavy atom. The van der Waals surface area contributed by atoms with E-state index in [0.717, 1.165) is 19.3 Å². The van der Waals surface area contributed by atoms with Crippen molar-refractivity contribution in [3.8, 4) is 0 Å². The van der Waals surface area contributed by atoms with Gasteiger partial charge in [0.1, 0.15) is 9.88 Å². The first kappa shape index (κ1) is 16.3. The van der Waals surface area contributed by atoms with E-state index in [2.05, 4.69) is 4.98 Å². The van der Waals surface area contributed by atoms with Crippen molar-refractivity contribution in [2.24, 2.45) is 5.73 Å². The molecule has 21 heavy (non-hydrogen) atoms. The van der Waals surface area contributed by atoms with E-state index in [0.29, 0.717) is 18.7 Å². The van der Waals surface area contributed by atoms with Crippen LogP contribution in [0.2, 0.25) is 0 Å². The van der Waals surface area contributed by atoms with Crippen molar-refractivity contribution in [1.82, 2.24) is 9.29 Å². The van der Waals surface area contributed by atoms with Crippen molar-refractivity contribution < 1.29 is 13.5 Å². The quantitative estimate of drug-likeness (QED) is 0.770. The standard InChI is InChI=1S/C13H19N3O3S2/c14-13(20)12-5-4-11(9-15-12)21(18,19)16-7-2-1-3-10(16)6-8-17/h4-5,9-10,17H,1-3,6-8H2,(H2,14,20). The zero-order valence-electron chi connectivity index (χ0n) is 11.6. The average Bonchev–Trinajstić information content (AvgIpc) is 2.48. The largest absolute Gasteiger partial charge is 0.396 e. The van der Waals surface area contributed by atoms with Crippen LogP contribution in [0.25, 0.3) is 0 Å². The maximum absolute atomic E-state index is 12.7. The lowest BCUT2D eigenvalue weighted by Gasteiger charge is -2.34. The van der Waals surface area contributed by atoms with Crippen LogP contribution in [0.3, 0.4) is 0 Å². The van der Waals surface area contributed by atoms with Crippen LogP contribution >= 0.6 is 12.2 Å². The molecule has 116 valence electrons. The third kappa shape index (κ3) is 3.57. The van der Waals surface area contributed by atoms with E-state index in [1.54, 1.807) is 0 Å². The number of hydrogen-bond donors (Lipinski definition) is 2. The summed E-state index contributed by atoms with van der Waals surface area (Å²) in [7, 11) is -3.60. The number of nitrogens with two attached hydrogens (primary N) is 1. The van der Waals surface area contributed by atoms with E-state index in [9.17, 15) is 8.42 Å². The van der Waals surface area contributed by atoms with E-state index in [4.69, 9.17) is 23.1 Å². The molecule has 2 heterocycles. The highest BCUT2D eigenvalue weighted by Gasteiger charge is 2.33. The van der Waals surface area contributed by atoms with Crippen molar-refractivity contribution in [2.45, 2.75) is 36.6 Å². The zero-order chi connectivity index (χ0) is 15.5. The molecule has 0 aliphatic carbocycles. The Bertz CT molecular complexity index is 600. The third-order valence-corrected chi connectivity index (χ3v) is 5.78. The van der Waals surface area contributed by atoms with Gasteiger partial charge in [0, 0.05) is 25.4 Å². The first-order chi connectivity index (χ1) is 9.96. The Morgan fingerprint density at radius 1 is 1.48 bits per heavy atom. The lowest BCUT2D eigenvalue weighted by Crippen LogP contribution is -2.44. The SMILES string of the molecule is NC(=S)c1ccc(S(=O)(=O)N2CCCCC2CCO)cn1. The van der Waals surface area contributed by atoms with E-state index in [1.165, 1.54) is 22.6 Å². The van der Waals surface area contributed by atoms with Crippen LogP contribution in [0.4, 0.5) is 0 Å². The maximum Gasteiger partial charge on any atom is 0.244 e. The van der Waals surface area contributed by atoms with Gasteiger partial charge in [0.25, 0.3) is 0 Å². The number of sulfonamides is 1. The van der Waals surface area contributed by atoms with E-state index in [-0.39, 0.29) is 22.5 Å². The van der Waals surface area contributed by atoms with Crippen LogP contribution in [0.1, 0.15) is 31.4 Å². The van der Waals surface area contributed by atoms with Crippen molar-refractivity contribution in [2.75, 3.05) is 13.2 Å². The van der Waals surface area contributed by atoms with Gasteiger partial charge in [0.05, 0.1) is 5.69 Å². The summed E-state index contributed by atoms with van der Waals surface area (Å²) in [5, 5.41) is 9.11. The number of aliphatic hydroxyl groups is 1. The molecule has 0 radical (unpaired) electrons. The van der Waals surface area contributed by atoms with Gasteiger partial charge in [-0.25, -0.2) is 8.42 Å². The predicted molar refractivity (Wildman–Crippen MR) is 83.4 cm³/mol. The number of rotatable bonds is 5. The van der Waals surface area contributed by atoms with Crippen LogP contribution in [0.5, 0.6) is 0 Å². The molecule has 3 N–H and O–H groups in total. The molecule has 0 saturated carbocycles. The Labute approximate surface area is 130 Å². The fourth-order valence-corrected chi connectivity index (χ4v) is 4.33.